The second-order valence-electron chi connectivity index (χ2n) is 16.6. The molecule has 3 heterocycles. The van der Waals surface area contributed by atoms with Crippen LogP contribution < -0.4 is 0 Å². The summed E-state index contributed by atoms with van der Waals surface area (Å²) in [6.07, 6.45) is 1.82. The highest BCUT2D eigenvalue weighted by molar-refractivity contribution is 6.13. The van der Waals surface area contributed by atoms with Crippen LogP contribution in [0.15, 0.2) is 203 Å². The smallest absolute Gasteiger partial charge is 0.167 e. The van der Waals surface area contributed by atoms with Gasteiger partial charge in [-0.2, -0.15) is 0 Å². The van der Waals surface area contributed by atoms with E-state index in [1.165, 1.54) is 33.0 Å². The Bertz CT molecular complexity index is 3770. The van der Waals surface area contributed by atoms with Crippen LogP contribution in [0.5, 0.6) is 0 Å². The normalized spacial score (nSPS) is 13.7. The Morgan fingerprint density at radius 1 is 0.397 bits per heavy atom. The van der Waals surface area contributed by atoms with Gasteiger partial charge in [0.25, 0.3) is 0 Å². The van der Waals surface area contributed by atoms with Crippen LogP contribution in [0, 0.1) is 0 Å². The quantitative estimate of drug-likeness (QED) is 0.173. The topological polar surface area (TPSA) is 65.0 Å². The average Bonchev–Trinajstić information content (AvgIpc) is 3.88. The average molecular weight is 808 g/mol. The number of para-hydroxylation sites is 3. The van der Waals surface area contributed by atoms with E-state index in [0.29, 0.717) is 17.5 Å². The number of fused-ring (bicyclic) bond motifs is 10. The van der Waals surface area contributed by atoms with Gasteiger partial charge < -0.3 is 8.83 Å². The standard InChI is InChI=1S/C58H37N3O2/c1-2-14-35(15-3-1)36-18-12-19-40(33-36)56-59-57(48-25-13-24-46-44-22-8-10-26-50(44)63-55(46)48)61-58(60-56)54-45(30-31-52-53(54)47-23-9-11-27-51(47)62-52)43-29-28-39-32-37-16-4-5-17-38(37)34-49(39)42-21-7-6-20-41(42)43/h1-27,30-34,43H,28-29H2. The first-order valence-corrected chi connectivity index (χ1v) is 21.6. The minimum atomic E-state index is 0.0219. The molecule has 1 unspecified atom stereocenters. The third-order valence-corrected chi connectivity index (χ3v) is 13.0. The molecule has 63 heavy (non-hydrogen) atoms. The molecule has 0 spiro atoms. The predicted octanol–water partition coefficient (Wildman–Crippen LogP) is 15.2. The third-order valence-electron chi connectivity index (χ3n) is 13.0. The molecule has 0 fully saturated rings. The van der Waals surface area contributed by atoms with Crippen LogP contribution in [0.2, 0.25) is 0 Å². The van der Waals surface area contributed by atoms with Crippen LogP contribution in [0.25, 0.3) is 111 Å². The van der Waals surface area contributed by atoms with E-state index in [0.717, 1.165) is 90.1 Å². The fourth-order valence-electron chi connectivity index (χ4n) is 10.1. The van der Waals surface area contributed by atoms with Gasteiger partial charge in [0, 0.05) is 38.6 Å². The summed E-state index contributed by atoms with van der Waals surface area (Å²) < 4.78 is 13.3. The second-order valence-corrected chi connectivity index (χ2v) is 16.6. The molecule has 0 aliphatic heterocycles. The first-order valence-electron chi connectivity index (χ1n) is 21.6. The predicted molar refractivity (Wildman–Crippen MR) is 256 cm³/mol. The zero-order valence-corrected chi connectivity index (χ0v) is 34.1. The molecular weight excluding hydrogens is 771 g/mol. The molecule has 0 N–H and O–H groups in total. The molecule has 0 saturated heterocycles. The molecule has 1 aliphatic carbocycles. The lowest BCUT2D eigenvalue weighted by atomic mass is 9.82. The van der Waals surface area contributed by atoms with Gasteiger partial charge >= 0.3 is 0 Å². The fraction of sp³-hybridized carbons (Fsp3) is 0.0517. The number of furan rings is 2. The van der Waals surface area contributed by atoms with Gasteiger partial charge in [0.15, 0.2) is 17.5 Å². The van der Waals surface area contributed by atoms with Crippen molar-refractivity contribution in [3.8, 4) is 56.4 Å². The first-order chi connectivity index (χ1) is 31.2. The van der Waals surface area contributed by atoms with E-state index < -0.39 is 0 Å². The Balaban J connectivity index is 1.10. The largest absolute Gasteiger partial charge is 0.456 e. The zero-order chi connectivity index (χ0) is 41.4. The van der Waals surface area contributed by atoms with E-state index in [1.807, 2.05) is 36.4 Å². The molecular formula is C58H37N3O2. The molecule has 1 atom stereocenters. The van der Waals surface area contributed by atoms with Crippen LogP contribution in [-0.4, -0.2) is 15.0 Å². The summed E-state index contributed by atoms with van der Waals surface area (Å²) in [7, 11) is 0. The van der Waals surface area contributed by atoms with Gasteiger partial charge in [0.05, 0.1) is 5.56 Å². The minimum absolute atomic E-state index is 0.0219. The molecule has 9 aromatic carbocycles. The van der Waals surface area contributed by atoms with Crippen molar-refractivity contribution in [1.82, 2.24) is 15.0 Å². The number of aryl methyl sites for hydroxylation is 1. The molecule has 296 valence electrons. The van der Waals surface area contributed by atoms with Crippen LogP contribution in [-0.2, 0) is 6.42 Å². The van der Waals surface area contributed by atoms with Gasteiger partial charge in [-0.25, -0.2) is 15.0 Å². The third kappa shape index (κ3) is 5.81. The number of benzene rings is 9. The highest BCUT2D eigenvalue weighted by Crippen LogP contribution is 2.48. The van der Waals surface area contributed by atoms with Crippen molar-refractivity contribution in [2.24, 2.45) is 0 Å². The number of rotatable bonds is 5. The van der Waals surface area contributed by atoms with E-state index in [1.54, 1.807) is 0 Å². The first kappa shape index (κ1) is 35.6. The van der Waals surface area contributed by atoms with E-state index in [2.05, 4.69) is 158 Å². The summed E-state index contributed by atoms with van der Waals surface area (Å²) in [6, 6.07) is 68.5. The second kappa shape index (κ2) is 14.2. The van der Waals surface area contributed by atoms with Crippen LogP contribution in [0.1, 0.15) is 29.0 Å². The van der Waals surface area contributed by atoms with E-state index >= 15 is 0 Å². The highest BCUT2D eigenvalue weighted by atomic mass is 16.3. The van der Waals surface area contributed by atoms with Gasteiger partial charge in [-0.1, -0.05) is 158 Å². The van der Waals surface area contributed by atoms with Crippen molar-refractivity contribution in [1.29, 1.82) is 0 Å². The maximum absolute atomic E-state index is 6.65. The lowest BCUT2D eigenvalue weighted by Gasteiger charge is -2.22. The molecule has 12 aromatic rings. The number of nitrogens with zero attached hydrogens (tertiary/aromatic N) is 3. The lowest BCUT2D eigenvalue weighted by Crippen LogP contribution is -2.07. The Morgan fingerprint density at radius 2 is 1.05 bits per heavy atom. The monoisotopic (exact) mass is 807 g/mol. The summed E-state index contributed by atoms with van der Waals surface area (Å²) in [5.74, 6) is 1.73. The number of hydrogen-bond acceptors (Lipinski definition) is 5. The lowest BCUT2D eigenvalue weighted by molar-refractivity contribution is 0.668. The maximum atomic E-state index is 6.65. The zero-order valence-electron chi connectivity index (χ0n) is 34.1. The van der Waals surface area contributed by atoms with Crippen molar-refractivity contribution in [3.63, 3.8) is 0 Å². The SMILES string of the molecule is c1ccc(-c2cccc(-c3nc(-c4cccc5c4oc4ccccc45)nc(-c4c(C5CCc6cc7ccccc7cc6-c6ccccc65)ccc5oc6ccccc6c45)n3)c2)cc1. The minimum Gasteiger partial charge on any atom is -0.456 e. The van der Waals surface area contributed by atoms with E-state index in [-0.39, 0.29) is 5.92 Å². The molecule has 0 radical (unpaired) electrons. The molecule has 1 aliphatic rings. The molecule has 3 aromatic heterocycles. The maximum Gasteiger partial charge on any atom is 0.167 e. The van der Waals surface area contributed by atoms with Gasteiger partial charge in [-0.05, 0) is 99.0 Å². The van der Waals surface area contributed by atoms with Gasteiger partial charge in [-0.15, -0.1) is 0 Å². The van der Waals surface area contributed by atoms with Crippen molar-refractivity contribution in [2.75, 3.05) is 0 Å². The Hall–Kier alpha value is -8.15. The summed E-state index contributed by atoms with van der Waals surface area (Å²) in [5.41, 5.74) is 14.4. The van der Waals surface area contributed by atoms with Crippen molar-refractivity contribution >= 4 is 54.6 Å². The van der Waals surface area contributed by atoms with Gasteiger partial charge in [0.1, 0.15) is 22.3 Å². The summed E-state index contributed by atoms with van der Waals surface area (Å²) >= 11 is 0. The molecule has 0 bridgehead atoms. The van der Waals surface area contributed by atoms with Crippen molar-refractivity contribution in [3.05, 3.63) is 211 Å². The van der Waals surface area contributed by atoms with E-state index in [4.69, 9.17) is 23.8 Å². The summed E-state index contributed by atoms with van der Waals surface area (Å²) in [6.45, 7) is 0. The highest BCUT2D eigenvalue weighted by Gasteiger charge is 2.30. The van der Waals surface area contributed by atoms with Crippen molar-refractivity contribution in [2.45, 2.75) is 18.8 Å². The summed E-state index contributed by atoms with van der Waals surface area (Å²) in [4.78, 5) is 16.4. The number of aromatic nitrogens is 3. The van der Waals surface area contributed by atoms with Gasteiger partial charge in [-0.3, -0.25) is 0 Å². The molecule has 0 saturated carbocycles. The Labute approximate surface area is 363 Å². The van der Waals surface area contributed by atoms with Crippen LogP contribution in [0.4, 0.5) is 0 Å². The molecule has 0 amide bonds. The molecule has 13 rings (SSSR count). The van der Waals surface area contributed by atoms with Crippen molar-refractivity contribution < 1.29 is 8.83 Å². The Kier molecular flexibility index (Phi) is 8.03. The molecule has 5 nitrogen and oxygen atoms in total. The number of hydrogen-bond donors (Lipinski definition) is 0. The molecule has 5 heteroatoms. The fourth-order valence-corrected chi connectivity index (χ4v) is 10.1. The van der Waals surface area contributed by atoms with E-state index in [9.17, 15) is 0 Å². The summed E-state index contributed by atoms with van der Waals surface area (Å²) in [5, 5.41) is 6.60. The van der Waals surface area contributed by atoms with Gasteiger partial charge in [0.2, 0.25) is 0 Å². The van der Waals surface area contributed by atoms with Crippen LogP contribution in [0.3, 0.4) is 0 Å². The Morgan fingerprint density at radius 3 is 1.94 bits per heavy atom. The van der Waals surface area contributed by atoms with Crippen LogP contribution >= 0.6 is 0 Å².